The summed E-state index contributed by atoms with van der Waals surface area (Å²) < 4.78 is 5.10. The lowest BCUT2D eigenvalue weighted by molar-refractivity contribution is -0.126. The summed E-state index contributed by atoms with van der Waals surface area (Å²) in [4.78, 5) is 47.5. The van der Waals surface area contributed by atoms with E-state index in [0.717, 1.165) is 36.1 Å². The number of amides is 3. The van der Waals surface area contributed by atoms with Crippen LogP contribution in [-0.4, -0.2) is 59.9 Å². The second-order valence-corrected chi connectivity index (χ2v) is 9.30. The SMILES string of the molecule is Cc1cccc(C)c1C(=O)OCC(=O)CNC(=O)CCCCC1SCC2NC(=O)NC21. The van der Waals surface area contributed by atoms with E-state index in [4.69, 9.17) is 4.74 Å². The van der Waals surface area contributed by atoms with Crippen LogP contribution in [0.5, 0.6) is 0 Å². The molecule has 0 bridgehead atoms. The van der Waals surface area contributed by atoms with E-state index in [0.29, 0.717) is 17.2 Å². The molecule has 0 saturated carbocycles. The topological polar surface area (TPSA) is 114 Å². The van der Waals surface area contributed by atoms with E-state index in [2.05, 4.69) is 16.0 Å². The minimum absolute atomic E-state index is 0.0935. The third-order valence-electron chi connectivity index (χ3n) is 5.61. The first-order valence-corrected chi connectivity index (χ1v) is 11.6. The number of aryl methyl sites for hydroxylation is 2. The van der Waals surface area contributed by atoms with Crippen molar-refractivity contribution in [3.8, 4) is 0 Å². The molecule has 3 atom stereocenters. The number of esters is 1. The monoisotopic (exact) mass is 447 g/mol. The maximum absolute atomic E-state index is 12.2. The number of rotatable bonds is 10. The summed E-state index contributed by atoms with van der Waals surface area (Å²) in [6.07, 6.45) is 2.88. The Hall–Kier alpha value is -2.55. The van der Waals surface area contributed by atoms with Crippen molar-refractivity contribution in [2.45, 2.75) is 56.9 Å². The zero-order valence-electron chi connectivity index (χ0n) is 17.9. The first-order valence-electron chi connectivity index (χ1n) is 10.6. The number of fused-ring (bicyclic) bond motifs is 1. The van der Waals surface area contributed by atoms with E-state index in [9.17, 15) is 19.2 Å². The quantitative estimate of drug-likeness (QED) is 0.287. The van der Waals surface area contributed by atoms with E-state index in [1.807, 2.05) is 43.8 Å². The van der Waals surface area contributed by atoms with Gasteiger partial charge in [-0.3, -0.25) is 9.59 Å². The van der Waals surface area contributed by atoms with Crippen LogP contribution in [0, 0.1) is 13.8 Å². The van der Waals surface area contributed by atoms with Crippen LogP contribution in [0.4, 0.5) is 4.79 Å². The summed E-state index contributed by atoms with van der Waals surface area (Å²) in [5.41, 5.74) is 2.06. The Kier molecular flexibility index (Phi) is 7.95. The fraction of sp³-hybridized carbons (Fsp3) is 0.545. The van der Waals surface area contributed by atoms with Crippen LogP contribution in [0.25, 0.3) is 0 Å². The van der Waals surface area contributed by atoms with Gasteiger partial charge in [0.15, 0.2) is 12.4 Å². The molecule has 1 aromatic carbocycles. The Labute approximate surface area is 186 Å². The lowest BCUT2D eigenvalue weighted by atomic mass is 10.0. The third kappa shape index (κ3) is 6.22. The van der Waals surface area contributed by atoms with Crippen LogP contribution in [0.3, 0.4) is 0 Å². The molecule has 2 saturated heterocycles. The Bertz CT molecular complexity index is 839. The average molecular weight is 448 g/mol. The van der Waals surface area contributed by atoms with Crippen molar-refractivity contribution in [3.05, 3.63) is 34.9 Å². The van der Waals surface area contributed by atoms with Gasteiger partial charge < -0.3 is 20.7 Å². The fourth-order valence-corrected chi connectivity index (χ4v) is 5.51. The van der Waals surface area contributed by atoms with Gasteiger partial charge in [-0.25, -0.2) is 9.59 Å². The summed E-state index contributed by atoms with van der Waals surface area (Å²) >= 11 is 1.85. The van der Waals surface area contributed by atoms with E-state index in [1.54, 1.807) is 0 Å². The number of benzene rings is 1. The van der Waals surface area contributed by atoms with Crippen LogP contribution in [-0.2, 0) is 14.3 Å². The lowest BCUT2D eigenvalue weighted by Crippen LogP contribution is -2.36. The number of urea groups is 1. The molecule has 0 radical (unpaired) electrons. The van der Waals surface area contributed by atoms with Crippen molar-refractivity contribution in [2.24, 2.45) is 0 Å². The summed E-state index contributed by atoms with van der Waals surface area (Å²) in [6, 6.07) is 5.78. The number of carbonyl (C=O) groups is 4. The molecular formula is C22H29N3O5S. The largest absolute Gasteiger partial charge is 0.454 e. The number of thioether (sulfide) groups is 1. The average Bonchev–Trinajstić information content (AvgIpc) is 3.27. The van der Waals surface area contributed by atoms with Gasteiger partial charge in [0.1, 0.15) is 0 Å². The van der Waals surface area contributed by atoms with Crippen LogP contribution < -0.4 is 16.0 Å². The fourth-order valence-electron chi connectivity index (χ4n) is 3.97. The highest BCUT2D eigenvalue weighted by atomic mass is 32.2. The second-order valence-electron chi connectivity index (χ2n) is 8.03. The van der Waals surface area contributed by atoms with Crippen molar-refractivity contribution in [1.29, 1.82) is 0 Å². The standard InChI is InChI=1S/C22H29N3O5S/c1-13-6-5-7-14(2)19(13)21(28)30-11-15(26)10-23-18(27)9-4-3-8-17-20-16(12-31-17)24-22(29)25-20/h5-7,16-17,20H,3-4,8-12H2,1-2H3,(H,23,27)(H2,24,25,29). The summed E-state index contributed by atoms with van der Waals surface area (Å²) in [5, 5.41) is 8.84. The Balaban J connectivity index is 1.28. The Morgan fingerprint density at radius 2 is 1.90 bits per heavy atom. The van der Waals surface area contributed by atoms with Gasteiger partial charge in [0.25, 0.3) is 0 Å². The van der Waals surface area contributed by atoms with Gasteiger partial charge in [-0.15, -0.1) is 0 Å². The highest BCUT2D eigenvalue weighted by molar-refractivity contribution is 8.00. The molecule has 168 valence electrons. The molecule has 2 heterocycles. The molecule has 0 aromatic heterocycles. The van der Waals surface area contributed by atoms with Gasteiger partial charge in [0.05, 0.1) is 24.2 Å². The van der Waals surface area contributed by atoms with Gasteiger partial charge in [-0.1, -0.05) is 24.6 Å². The highest BCUT2D eigenvalue weighted by Crippen LogP contribution is 2.33. The molecule has 2 aliphatic rings. The van der Waals surface area contributed by atoms with Gasteiger partial charge in [0.2, 0.25) is 5.91 Å². The predicted molar refractivity (Wildman–Crippen MR) is 118 cm³/mol. The molecule has 3 N–H and O–H groups in total. The van der Waals surface area contributed by atoms with E-state index >= 15 is 0 Å². The lowest BCUT2D eigenvalue weighted by Gasteiger charge is -2.16. The van der Waals surface area contributed by atoms with Gasteiger partial charge in [-0.2, -0.15) is 11.8 Å². The molecule has 2 aliphatic heterocycles. The zero-order valence-corrected chi connectivity index (χ0v) is 18.7. The first-order chi connectivity index (χ1) is 14.8. The molecule has 0 aliphatic carbocycles. The summed E-state index contributed by atoms with van der Waals surface area (Å²) in [7, 11) is 0. The second kappa shape index (κ2) is 10.7. The maximum atomic E-state index is 12.2. The molecule has 8 nitrogen and oxygen atoms in total. The smallest absolute Gasteiger partial charge is 0.339 e. The Morgan fingerprint density at radius 3 is 2.65 bits per heavy atom. The Morgan fingerprint density at radius 1 is 1.16 bits per heavy atom. The molecule has 3 amide bonds. The molecule has 1 aromatic rings. The van der Waals surface area contributed by atoms with Gasteiger partial charge in [0, 0.05) is 17.4 Å². The van der Waals surface area contributed by atoms with E-state index in [-0.39, 0.29) is 43.0 Å². The predicted octanol–water partition coefficient (Wildman–Crippen LogP) is 1.87. The minimum Gasteiger partial charge on any atom is -0.454 e. The number of Topliss-reactive ketones (excluding diaryl/α,β-unsaturated/α-hetero) is 1. The van der Waals surface area contributed by atoms with Crippen LogP contribution >= 0.6 is 11.8 Å². The van der Waals surface area contributed by atoms with Crippen LogP contribution in [0.15, 0.2) is 18.2 Å². The minimum atomic E-state index is -0.532. The van der Waals surface area contributed by atoms with Crippen molar-refractivity contribution in [1.82, 2.24) is 16.0 Å². The number of unbranched alkanes of at least 4 members (excludes halogenated alkanes) is 1. The van der Waals surface area contributed by atoms with E-state index in [1.165, 1.54) is 0 Å². The van der Waals surface area contributed by atoms with Crippen molar-refractivity contribution in [3.63, 3.8) is 0 Å². The van der Waals surface area contributed by atoms with Gasteiger partial charge in [-0.05, 0) is 37.8 Å². The summed E-state index contributed by atoms with van der Waals surface area (Å²) in [6.45, 7) is 3.11. The first kappa shape index (κ1) is 23.1. The normalized spacial score (nSPS) is 21.7. The molecule has 9 heteroatoms. The number of hydrogen-bond donors (Lipinski definition) is 3. The third-order valence-corrected chi connectivity index (χ3v) is 7.12. The number of ether oxygens (including phenoxy) is 1. The summed E-state index contributed by atoms with van der Waals surface area (Å²) in [5.74, 6) is -0.158. The number of ketones is 1. The molecule has 2 fully saturated rings. The number of carbonyl (C=O) groups excluding carboxylic acids is 4. The number of nitrogens with one attached hydrogen (secondary N) is 3. The van der Waals surface area contributed by atoms with E-state index < -0.39 is 5.97 Å². The van der Waals surface area contributed by atoms with Crippen LogP contribution in [0.1, 0.15) is 47.2 Å². The molecule has 0 spiro atoms. The number of hydrogen-bond acceptors (Lipinski definition) is 6. The molecule has 3 rings (SSSR count). The zero-order chi connectivity index (χ0) is 22.4. The van der Waals surface area contributed by atoms with Crippen molar-refractivity contribution < 1.29 is 23.9 Å². The molecule has 3 unspecified atom stereocenters. The molecule has 31 heavy (non-hydrogen) atoms. The maximum Gasteiger partial charge on any atom is 0.339 e. The molecular weight excluding hydrogens is 418 g/mol. The highest BCUT2D eigenvalue weighted by Gasteiger charge is 2.42. The van der Waals surface area contributed by atoms with Crippen molar-refractivity contribution >= 4 is 35.5 Å². The van der Waals surface area contributed by atoms with Crippen molar-refractivity contribution in [2.75, 3.05) is 18.9 Å². The van der Waals surface area contributed by atoms with Gasteiger partial charge >= 0.3 is 12.0 Å². The van der Waals surface area contributed by atoms with Crippen LogP contribution in [0.2, 0.25) is 0 Å².